The molecular formula is C22H30O10. The third kappa shape index (κ3) is 8.43. The molecule has 10 nitrogen and oxygen atoms in total. The molecule has 178 valence electrons. The van der Waals surface area contributed by atoms with E-state index in [0.717, 1.165) is 12.5 Å². The molecule has 2 aliphatic heterocycles. The van der Waals surface area contributed by atoms with Crippen LogP contribution in [0, 0.1) is 0 Å². The Bertz CT molecular complexity index is 630. The second-order valence-corrected chi connectivity index (χ2v) is 7.38. The fourth-order valence-electron chi connectivity index (χ4n) is 3.47. The lowest BCUT2D eigenvalue weighted by Crippen LogP contribution is -2.35. The summed E-state index contributed by atoms with van der Waals surface area (Å²) in [5, 5.41) is 0. The molecule has 0 aliphatic carbocycles. The van der Waals surface area contributed by atoms with Gasteiger partial charge in [0.25, 0.3) is 0 Å². The molecule has 2 heterocycles. The lowest BCUT2D eigenvalue weighted by Gasteiger charge is -2.17. The Hall–Kier alpha value is -2.72. The van der Waals surface area contributed by atoms with Crippen LogP contribution in [0.25, 0.3) is 0 Å². The zero-order valence-corrected chi connectivity index (χ0v) is 18.0. The van der Waals surface area contributed by atoms with Crippen LogP contribution in [-0.2, 0) is 47.6 Å². The normalized spacial score (nSPS) is 23.6. The van der Waals surface area contributed by atoms with E-state index in [0.29, 0.717) is 25.7 Å². The number of ether oxygens (including phenoxy) is 6. The van der Waals surface area contributed by atoms with Crippen LogP contribution in [0.15, 0.2) is 25.7 Å². The Kier molecular flexibility index (Phi) is 10.9. The average molecular weight is 454 g/mol. The van der Waals surface area contributed by atoms with E-state index in [1.165, 1.54) is 0 Å². The maximum atomic E-state index is 12.1. The lowest BCUT2D eigenvalue weighted by molar-refractivity contribution is -0.155. The standard InChI is InChI=1S/C22H30O10/c1-3-27-17(23)9-5-7-11-19(25)31-15-13-29-22-16(14-30-21(15)22)32-20(26)12-8-6-10-18(24)28-4-2/h3-4,15-16,21-22H,1-2,5-14H2/t15-,16+,21-,22-/m1/s1. The number of hydrogen-bond acceptors (Lipinski definition) is 10. The third-order valence-corrected chi connectivity index (χ3v) is 4.98. The largest absolute Gasteiger partial charge is 0.457 e. The van der Waals surface area contributed by atoms with Crippen molar-refractivity contribution in [3.05, 3.63) is 25.7 Å². The zero-order valence-electron chi connectivity index (χ0n) is 18.0. The van der Waals surface area contributed by atoms with E-state index in [-0.39, 0.29) is 38.9 Å². The van der Waals surface area contributed by atoms with E-state index >= 15 is 0 Å². The molecule has 32 heavy (non-hydrogen) atoms. The molecule has 2 fully saturated rings. The summed E-state index contributed by atoms with van der Waals surface area (Å²) in [4.78, 5) is 46.6. The molecule has 0 unspecified atom stereocenters. The minimum absolute atomic E-state index is 0.159. The van der Waals surface area contributed by atoms with Crippen LogP contribution in [0.1, 0.15) is 51.4 Å². The molecule has 2 aliphatic rings. The molecule has 0 radical (unpaired) electrons. The second-order valence-electron chi connectivity index (χ2n) is 7.38. The number of unbranched alkanes of at least 4 members (excludes halogenated alkanes) is 2. The van der Waals surface area contributed by atoms with E-state index in [2.05, 4.69) is 22.6 Å². The van der Waals surface area contributed by atoms with Crippen LogP contribution in [0.4, 0.5) is 0 Å². The van der Waals surface area contributed by atoms with Gasteiger partial charge in [-0.05, 0) is 25.7 Å². The topological polar surface area (TPSA) is 124 Å². The third-order valence-electron chi connectivity index (χ3n) is 4.98. The molecule has 0 amide bonds. The number of carbonyl (C=O) groups excluding carboxylic acids is 4. The first-order chi connectivity index (χ1) is 15.4. The van der Waals surface area contributed by atoms with Gasteiger partial charge in [0, 0.05) is 25.7 Å². The molecule has 0 spiro atoms. The Labute approximate surface area is 186 Å². The predicted octanol–water partition coefficient (Wildman–Crippen LogP) is 2.10. The summed E-state index contributed by atoms with van der Waals surface area (Å²) in [6, 6.07) is 0. The fourth-order valence-corrected chi connectivity index (χ4v) is 3.47. The summed E-state index contributed by atoms with van der Waals surface area (Å²) in [6.45, 7) is 6.92. The average Bonchev–Trinajstić information content (AvgIpc) is 3.32. The Morgan fingerprint density at radius 1 is 0.656 bits per heavy atom. The van der Waals surface area contributed by atoms with Crippen molar-refractivity contribution in [3.8, 4) is 0 Å². The van der Waals surface area contributed by atoms with Crippen molar-refractivity contribution in [1.29, 1.82) is 0 Å². The lowest BCUT2D eigenvalue weighted by atomic mass is 10.1. The first-order valence-electron chi connectivity index (χ1n) is 10.7. The van der Waals surface area contributed by atoms with Gasteiger partial charge in [-0.2, -0.15) is 0 Å². The summed E-state index contributed by atoms with van der Waals surface area (Å²) < 4.78 is 31.4. The van der Waals surface area contributed by atoms with E-state index in [9.17, 15) is 19.2 Å². The molecule has 0 aromatic carbocycles. The van der Waals surface area contributed by atoms with Crippen LogP contribution in [-0.4, -0.2) is 61.5 Å². The van der Waals surface area contributed by atoms with Gasteiger partial charge in [0.15, 0.2) is 12.2 Å². The van der Waals surface area contributed by atoms with Crippen LogP contribution in [0.3, 0.4) is 0 Å². The number of rotatable bonds is 14. The number of fused-ring (bicyclic) bond motifs is 1. The van der Waals surface area contributed by atoms with Gasteiger partial charge in [0.05, 0.1) is 25.7 Å². The molecule has 10 heteroatoms. The van der Waals surface area contributed by atoms with Crippen molar-refractivity contribution in [1.82, 2.24) is 0 Å². The maximum absolute atomic E-state index is 12.1. The highest BCUT2D eigenvalue weighted by molar-refractivity contribution is 5.71. The van der Waals surface area contributed by atoms with Crippen molar-refractivity contribution in [2.45, 2.75) is 75.8 Å². The highest BCUT2D eigenvalue weighted by Crippen LogP contribution is 2.31. The van der Waals surface area contributed by atoms with Crippen LogP contribution in [0.5, 0.6) is 0 Å². The summed E-state index contributed by atoms with van der Waals surface area (Å²) in [6.07, 6.45) is 2.71. The van der Waals surface area contributed by atoms with Gasteiger partial charge >= 0.3 is 23.9 Å². The maximum Gasteiger partial charge on any atom is 0.310 e. The fraction of sp³-hybridized carbons (Fsp3) is 0.636. The van der Waals surface area contributed by atoms with Crippen LogP contribution < -0.4 is 0 Å². The second kappa shape index (κ2) is 13.6. The molecule has 4 atom stereocenters. The molecule has 0 aromatic heterocycles. The quantitative estimate of drug-likeness (QED) is 0.167. The highest BCUT2D eigenvalue weighted by atomic mass is 16.7. The molecular weight excluding hydrogens is 424 g/mol. The first kappa shape index (κ1) is 25.5. The SMILES string of the molecule is C=COC(=O)CCCCC(=O)O[C@H]1CO[C@H]2[C@@H]1OC[C@H]2OC(=O)CCCCC(=O)OC=C. The Balaban J connectivity index is 1.63. The molecule has 0 saturated carbocycles. The van der Waals surface area contributed by atoms with Crippen molar-refractivity contribution >= 4 is 23.9 Å². The number of esters is 4. The summed E-state index contributed by atoms with van der Waals surface area (Å²) in [7, 11) is 0. The monoisotopic (exact) mass is 454 g/mol. The molecule has 2 saturated heterocycles. The van der Waals surface area contributed by atoms with Gasteiger partial charge in [-0.15, -0.1) is 0 Å². The van der Waals surface area contributed by atoms with Gasteiger partial charge in [-0.25, -0.2) is 0 Å². The Morgan fingerprint density at radius 2 is 1.00 bits per heavy atom. The Morgan fingerprint density at radius 3 is 1.34 bits per heavy atom. The van der Waals surface area contributed by atoms with E-state index < -0.39 is 48.3 Å². The van der Waals surface area contributed by atoms with Gasteiger partial charge < -0.3 is 28.4 Å². The molecule has 0 N–H and O–H groups in total. The van der Waals surface area contributed by atoms with Crippen molar-refractivity contribution in [2.75, 3.05) is 13.2 Å². The van der Waals surface area contributed by atoms with E-state index in [1.54, 1.807) is 0 Å². The predicted molar refractivity (Wildman–Crippen MR) is 109 cm³/mol. The van der Waals surface area contributed by atoms with Crippen molar-refractivity contribution in [3.63, 3.8) is 0 Å². The smallest absolute Gasteiger partial charge is 0.310 e. The van der Waals surface area contributed by atoms with Gasteiger partial charge in [0.1, 0.15) is 12.2 Å². The summed E-state index contributed by atoms with van der Waals surface area (Å²) in [5.41, 5.74) is 0. The van der Waals surface area contributed by atoms with Crippen LogP contribution >= 0.6 is 0 Å². The van der Waals surface area contributed by atoms with Crippen molar-refractivity contribution < 1.29 is 47.6 Å². The minimum atomic E-state index is -0.571. The van der Waals surface area contributed by atoms with Crippen LogP contribution in [0.2, 0.25) is 0 Å². The highest BCUT2D eigenvalue weighted by Gasteiger charge is 2.51. The number of carbonyl (C=O) groups is 4. The zero-order chi connectivity index (χ0) is 23.3. The first-order valence-corrected chi connectivity index (χ1v) is 10.7. The van der Waals surface area contributed by atoms with Gasteiger partial charge in [-0.3, -0.25) is 19.2 Å². The summed E-state index contributed by atoms with van der Waals surface area (Å²) in [5.74, 6) is -1.60. The molecule has 0 bridgehead atoms. The van der Waals surface area contributed by atoms with Crippen molar-refractivity contribution in [2.24, 2.45) is 0 Å². The molecule has 0 aromatic rings. The minimum Gasteiger partial charge on any atom is -0.457 e. The van der Waals surface area contributed by atoms with E-state index in [1.807, 2.05) is 0 Å². The van der Waals surface area contributed by atoms with E-state index in [4.69, 9.17) is 18.9 Å². The summed E-state index contributed by atoms with van der Waals surface area (Å²) >= 11 is 0. The number of hydrogen-bond donors (Lipinski definition) is 0. The molecule has 2 rings (SSSR count). The van der Waals surface area contributed by atoms with Gasteiger partial charge in [0.2, 0.25) is 0 Å². The van der Waals surface area contributed by atoms with Gasteiger partial charge in [-0.1, -0.05) is 13.2 Å².